The zero-order valence-electron chi connectivity index (χ0n) is 35.7. The zero-order valence-corrected chi connectivity index (χ0v) is 39.5. The van der Waals surface area contributed by atoms with Gasteiger partial charge in [0.15, 0.2) is 0 Å². The van der Waals surface area contributed by atoms with Crippen molar-refractivity contribution in [2.75, 3.05) is 26.4 Å². The fraction of sp³-hybridized carbons (Fsp3) is 0.388. The molecule has 0 aliphatic carbocycles. The van der Waals surface area contributed by atoms with Crippen LogP contribution in [0.3, 0.4) is 0 Å². The maximum absolute atomic E-state index is 10.5. The van der Waals surface area contributed by atoms with Gasteiger partial charge in [0.25, 0.3) is 0 Å². The Hall–Kier alpha value is -3.35. The fourth-order valence-corrected chi connectivity index (χ4v) is 8.99. The summed E-state index contributed by atoms with van der Waals surface area (Å²) in [5, 5.41) is 81.8. The number of aliphatic hydroxyl groups excluding tert-OH is 8. The summed E-state index contributed by atoms with van der Waals surface area (Å²) in [6.45, 7) is 4.11. The smallest absolute Gasteiger partial charge is 0.133 e. The molecule has 5 aromatic rings. The maximum atomic E-state index is 10.5. The van der Waals surface area contributed by atoms with Crippen molar-refractivity contribution >= 4 is 50.7 Å². The highest BCUT2D eigenvalue weighted by Gasteiger charge is 2.45. The van der Waals surface area contributed by atoms with E-state index in [1.165, 1.54) is 0 Å². The van der Waals surface area contributed by atoms with Crippen molar-refractivity contribution in [3.63, 3.8) is 0 Å². The van der Waals surface area contributed by atoms with Gasteiger partial charge in [-0.15, -0.1) is 0 Å². The molecule has 65 heavy (non-hydrogen) atoms. The molecule has 0 amide bonds. The van der Waals surface area contributed by atoms with E-state index in [1.54, 1.807) is 30.3 Å². The molecule has 7 rings (SSSR count). The van der Waals surface area contributed by atoms with E-state index in [2.05, 4.69) is 22.0 Å². The molecule has 0 aromatic heterocycles. The molecule has 8 N–H and O–H groups in total. The average Bonchev–Trinajstić information content (AvgIpc) is 3.30. The van der Waals surface area contributed by atoms with E-state index in [0.717, 1.165) is 49.4 Å². The first-order valence-corrected chi connectivity index (χ1v) is 23.2. The second-order valence-corrected chi connectivity index (χ2v) is 18.0. The lowest BCUT2D eigenvalue weighted by Gasteiger charge is -2.40. The van der Waals surface area contributed by atoms with Crippen molar-refractivity contribution < 1.29 is 59.8 Å². The minimum atomic E-state index is -1.44. The number of aliphatic hydroxyl groups is 8. The van der Waals surface area contributed by atoms with Gasteiger partial charge in [-0.1, -0.05) is 89.4 Å². The summed E-state index contributed by atoms with van der Waals surface area (Å²) in [6, 6.07) is 30.0. The Morgan fingerprint density at radius 2 is 0.908 bits per heavy atom. The van der Waals surface area contributed by atoms with Gasteiger partial charge in [-0.2, -0.15) is 0 Å². The third kappa shape index (κ3) is 12.6. The average molecular weight is 1020 g/mol. The molecule has 0 unspecified atom stereocenters. The van der Waals surface area contributed by atoms with E-state index in [-0.39, 0.29) is 0 Å². The third-order valence-electron chi connectivity index (χ3n) is 11.4. The molecular weight excluding hydrogens is 967 g/mol. The Morgan fingerprint density at radius 3 is 1.37 bits per heavy atom. The highest BCUT2D eigenvalue weighted by Crippen LogP contribution is 2.37. The van der Waals surface area contributed by atoms with Crippen LogP contribution in [0.1, 0.15) is 70.6 Å². The molecule has 0 radical (unpaired) electrons. The van der Waals surface area contributed by atoms with Crippen LogP contribution in [0.25, 0.3) is 0 Å². The molecule has 2 aliphatic rings. The molecule has 10 atom stereocenters. The highest BCUT2D eigenvalue weighted by atomic mass is 79.9. The van der Waals surface area contributed by atoms with Gasteiger partial charge in [-0.05, 0) is 136 Å². The molecule has 350 valence electrons. The molecule has 16 heteroatoms. The van der Waals surface area contributed by atoms with Crippen molar-refractivity contribution in [1.29, 1.82) is 0 Å². The predicted molar refractivity (Wildman–Crippen MR) is 251 cm³/mol. The van der Waals surface area contributed by atoms with Crippen LogP contribution in [0.2, 0.25) is 15.1 Å². The first kappa shape index (κ1) is 51.0. The standard InChI is InChI=1S/C28H30Cl2O6.C21H24BrClO6/c1-2-35-21-7-3-16(4-8-21)11-19-12-17(5-9-22(19)29)13-20-14-18(6-10-23(20)30)28-27(34)26(33)25(32)24(15-31)36-28;1-2-28-16-6-3-11(8-14(16)22)7-13-9-12(4-5-15(13)23)21-20(27)19(26)18(25)17(10-24)29-21/h3-10,12,14,24-28,31-34H,2,11,13,15H2,1H3;3-6,8-9,17-21,24-27H,2,7,10H2,1H3/t24-,25-,26+,27-,28+;17-,18-,19+,20-,21-/m11/s1. The molecular formula is C49H54BrCl3O12. The Bertz CT molecular complexity index is 2330. The van der Waals surface area contributed by atoms with Gasteiger partial charge in [0, 0.05) is 15.1 Å². The van der Waals surface area contributed by atoms with E-state index >= 15 is 0 Å². The number of hydrogen-bond donors (Lipinski definition) is 8. The third-order valence-corrected chi connectivity index (χ3v) is 13.1. The van der Waals surface area contributed by atoms with Crippen LogP contribution in [0.5, 0.6) is 11.5 Å². The monoisotopic (exact) mass is 1020 g/mol. The maximum Gasteiger partial charge on any atom is 0.133 e. The second-order valence-electron chi connectivity index (χ2n) is 15.9. The lowest BCUT2D eigenvalue weighted by Crippen LogP contribution is -2.55. The summed E-state index contributed by atoms with van der Waals surface area (Å²) in [5.74, 6) is 1.59. The summed E-state index contributed by atoms with van der Waals surface area (Å²) in [6.07, 6.45) is -10.4. The van der Waals surface area contributed by atoms with Gasteiger partial charge in [-0.3, -0.25) is 0 Å². The number of hydrogen-bond acceptors (Lipinski definition) is 12. The van der Waals surface area contributed by atoms with Crippen molar-refractivity contribution in [3.05, 3.63) is 161 Å². The van der Waals surface area contributed by atoms with E-state index in [1.807, 2.05) is 74.5 Å². The topological polar surface area (TPSA) is 199 Å². The molecule has 5 aromatic carbocycles. The lowest BCUT2D eigenvalue weighted by atomic mass is 9.90. The SMILES string of the molecule is CCOc1ccc(Cc2cc(Cc3cc([C@@H]4O[C@H](CO)[C@@H](O)[C@H](O)[C@H]4O)ccc3Cl)ccc2Cl)cc1.CCOc1ccc(Cc2cc([C@H]3O[C@H](CO)[C@@H](O)[C@H](O)[C@H]3O)ccc2Cl)cc1Br. The molecule has 2 aliphatic heterocycles. The number of benzene rings is 5. The molecule has 0 saturated carbocycles. The van der Waals surface area contributed by atoms with Gasteiger partial charge in [-0.25, -0.2) is 0 Å². The lowest BCUT2D eigenvalue weighted by molar-refractivity contribution is -0.231. The van der Waals surface area contributed by atoms with Gasteiger partial charge >= 0.3 is 0 Å². The summed E-state index contributed by atoms with van der Waals surface area (Å²) >= 11 is 22.9. The van der Waals surface area contributed by atoms with Crippen LogP contribution >= 0.6 is 50.7 Å². The fourth-order valence-electron chi connectivity index (χ4n) is 7.90. The molecule has 0 bridgehead atoms. The van der Waals surface area contributed by atoms with Crippen molar-refractivity contribution in [2.45, 2.75) is 94.1 Å². The van der Waals surface area contributed by atoms with Crippen LogP contribution in [0.15, 0.2) is 102 Å². The highest BCUT2D eigenvalue weighted by molar-refractivity contribution is 9.10. The second kappa shape index (κ2) is 23.6. The first-order valence-electron chi connectivity index (χ1n) is 21.2. The largest absolute Gasteiger partial charge is 0.494 e. The Balaban J connectivity index is 0.000000221. The molecule has 2 heterocycles. The van der Waals surface area contributed by atoms with Crippen molar-refractivity contribution in [2.24, 2.45) is 0 Å². The van der Waals surface area contributed by atoms with Crippen LogP contribution in [-0.4, -0.2) is 116 Å². The van der Waals surface area contributed by atoms with Crippen LogP contribution in [0, 0.1) is 0 Å². The predicted octanol–water partition coefficient (Wildman–Crippen LogP) is 6.70. The molecule has 12 nitrogen and oxygen atoms in total. The van der Waals surface area contributed by atoms with Crippen LogP contribution in [0.4, 0.5) is 0 Å². The Morgan fingerprint density at radius 1 is 0.492 bits per heavy atom. The molecule has 0 spiro atoms. The minimum Gasteiger partial charge on any atom is -0.494 e. The van der Waals surface area contributed by atoms with Crippen molar-refractivity contribution in [1.82, 2.24) is 0 Å². The molecule has 2 fully saturated rings. The Kier molecular flexibility index (Phi) is 18.5. The number of ether oxygens (including phenoxy) is 4. The molecule has 2 saturated heterocycles. The van der Waals surface area contributed by atoms with Crippen LogP contribution < -0.4 is 9.47 Å². The summed E-state index contributed by atoms with van der Waals surface area (Å²) in [4.78, 5) is 0. The number of rotatable bonds is 14. The summed E-state index contributed by atoms with van der Waals surface area (Å²) < 4.78 is 23.2. The van der Waals surface area contributed by atoms with Gasteiger partial charge in [0.1, 0.15) is 72.5 Å². The van der Waals surface area contributed by atoms with E-state index in [9.17, 15) is 40.9 Å². The zero-order chi connectivity index (χ0) is 46.9. The van der Waals surface area contributed by atoms with Crippen LogP contribution in [-0.2, 0) is 28.7 Å². The van der Waals surface area contributed by atoms with E-state index in [0.29, 0.717) is 58.7 Å². The van der Waals surface area contributed by atoms with E-state index in [4.69, 9.17) is 53.8 Å². The van der Waals surface area contributed by atoms with Gasteiger partial charge in [0.05, 0.1) is 30.9 Å². The summed E-state index contributed by atoms with van der Waals surface area (Å²) in [5.41, 5.74) is 6.93. The number of halogens is 4. The summed E-state index contributed by atoms with van der Waals surface area (Å²) in [7, 11) is 0. The van der Waals surface area contributed by atoms with Crippen molar-refractivity contribution in [3.8, 4) is 11.5 Å². The minimum absolute atomic E-state index is 0.470. The van der Waals surface area contributed by atoms with Gasteiger partial charge in [0.2, 0.25) is 0 Å². The Labute approximate surface area is 401 Å². The van der Waals surface area contributed by atoms with E-state index < -0.39 is 74.3 Å². The quantitative estimate of drug-likeness (QED) is 0.0587. The van der Waals surface area contributed by atoms with Gasteiger partial charge < -0.3 is 59.8 Å². The first-order chi connectivity index (χ1) is 31.1. The normalized spacial score (nSPS) is 25.4.